The minimum absolute atomic E-state index is 0.0404. The topological polar surface area (TPSA) is 89.4 Å². The summed E-state index contributed by atoms with van der Waals surface area (Å²) in [4.78, 5) is 14.4. The zero-order valence-electron chi connectivity index (χ0n) is 16.1. The number of likely N-dealkylation sites (tertiary alicyclic amines) is 1. The van der Waals surface area contributed by atoms with Gasteiger partial charge >= 0.3 is 0 Å². The largest absolute Gasteiger partial charge is 0.361 e. The van der Waals surface area contributed by atoms with Crippen molar-refractivity contribution in [2.75, 3.05) is 13.1 Å². The van der Waals surface area contributed by atoms with Gasteiger partial charge in [0.25, 0.3) is 5.91 Å². The van der Waals surface area contributed by atoms with E-state index in [0.717, 1.165) is 30.0 Å². The number of carbonyl (C=O) groups is 1. The van der Waals surface area contributed by atoms with Crippen LogP contribution in [0.3, 0.4) is 0 Å². The molecule has 0 saturated carbocycles. The molecule has 0 radical (unpaired) electrons. The molecule has 3 aromatic heterocycles. The molecule has 0 aromatic carbocycles. The van der Waals surface area contributed by atoms with Crippen LogP contribution in [0.5, 0.6) is 0 Å². The zero-order valence-corrected chi connectivity index (χ0v) is 16.1. The Hall–Kier alpha value is -2.77. The maximum Gasteiger partial charge on any atom is 0.276 e. The maximum atomic E-state index is 12.5. The number of aryl methyl sites for hydroxylation is 1. The molecule has 0 spiro atoms. The number of aromatic nitrogens is 5. The lowest BCUT2D eigenvalue weighted by Gasteiger charge is -2.30. The predicted octanol–water partition coefficient (Wildman–Crippen LogP) is 2.74. The van der Waals surface area contributed by atoms with E-state index in [9.17, 15) is 4.79 Å². The molecule has 0 atom stereocenters. The summed E-state index contributed by atoms with van der Waals surface area (Å²) in [5.41, 5.74) is 2.09. The zero-order chi connectivity index (χ0) is 19.2. The Labute approximate surface area is 157 Å². The predicted molar refractivity (Wildman–Crippen MR) is 98.6 cm³/mol. The first-order valence-corrected chi connectivity index (χ1v) is 9.28. The van der Waals surface area contributed by atoms with E-state index in [1.165, 1.54) is 0 Å². The lowest BCUT2D eigenvalue weighted by atomic mass is 9.92. The number of nitrogens with zero attached hydrogens (tertiary/aromatic N) is 6. The second kappa shape index (κ2) is 6.44. The molecule has 1 amide bonds. The van der Waals surface area contributed by atoms with E-state index < -0.39 is 0 Å². The molecule has 142 valence electrons. The highest BCUT2D eigenvalue weighted by Gasteiger charge is 2.29. The van der Waals surface area contributed by atoms with Crippen LogP contribution in [0, 0.1) is 6.92 Å². The number of rotatable bonds is 2. The molecule has 4 rings (SSSR count). The molecule has 0 aliphatic carbocycles. The highest BCUT2D eigenvalue weighted by atomic mass is 16.5. The summed E-state index contributed by atoms with van der Waals surface area (Å²) >= 11 is 0. The van der Waals surface area contributed by atoms with Crippen LogP contribution in [0.25, 0.3) is 5.65 Å². The van der Waals surface area contributed by atoms with Crippen molar-refractivity contribution in [3.05, 3.63) is 41.2 Å². The van der Waals surface area contributed by atoms with E-state index in [2.05, 4.69) is 36.1 Å². The summed E-state index contributed by atoms with van der Waals surface area (Å²) in [6.07, 6.45) is 1.65. The number of piperidine rings is 1. The Morgan fingerprint density at radius 1 is 1.19 bits per heavy atom. The molecular weight excluding hydrogens is 344 g/mol. The van der Waals surface area contributed by atoms with Crippen molar-refractivity contribution in [2.45, 2.75) is 51.9 Å². The van der Waals surface area contributed by atoms with Crippen molar-refractivity contribution in [3.63, 3.8) is 0 Å². The summed E-state index contributed by atoms with van der Waals surface area (Å²) in [7, 11) is 0. The lowest BCUT2D eigenvalue weighted by molar-refractivity contribution is 0.0700. The standard InChI is InChI=1S/C19H24N6O2/c1-12-11-14(23-27-12)18(26)24-9-7-13(8-10-24)17-21-20-16-6-5-15(19(2,3)4)22-25(16)17/h5-6,11,13H,7-10H2,1-4H3. The number of amides is 1. The van der Waals surface area contributed by atoms with Gasteiger partial charge in [-0.15, -0.1) is 10.2 Å². The Morgan fingerprint density at radius 2 is 1.93 bits per heavy atom. The van der Waals surface area contributed by atoms with Crippen molar-refractivity contribution in [1.29, 1.82) is 0 Å². The van der Waals surface area contributed by atoms with Gasteiger partial charge in [-0.1, -0.05) is 25.9 Å². The van der Waals surface area contributed by atoms with E-state index in [4.69, 9.17) is 9.62 Å². The van der Waals surface area contributed by atoms with E-state index in [1.54, 1.807) is 13.0 Å². The number of hydrogen-bond donors (Lipinski definition) is 0. The van der Waals surface area contributed by atoms with Gasteiger partial charge in [0.2, 0.25) is 0 Å². The van der Waals surface area contributed by atoms with Crippen LogP contribution >= 0.6 is 0 Å². The molecule has 0 N–H and O–H groups in total. The van der Waals surface area contributed by atoms with Crippen LogP contribution in [0.4, 0.5) is 0 Å². The third-order valence-corrected chi connectivity index (χ3v) is 5.05. The molecule has 1 saturated heterocycles. The Bertz CT molecular complexity index is 976. The average Bonchev–Trinajstić information content (AvgIpc) is 3.26. The molecule has 27 heavy (non-hydrogen) atoms. The highest BCUT2D eigenvalue weighted by molar-refractivity contribution is 5.92. The van der Waals surface area contributed by atoms with Crippen LogP contribution in [-0.4, -0.2) is 48.9 Å². The number of hydrogen-bond acceptors (Lipinski definition) is 6. The molecule has 4 heterocycles. The summed E-state index contributed by atoms with van der Waals surface area (Å²) in [6, 6.07) is 5.66. The van der Waals surface area contributed by atoms with Crippen LogP contribution < -0.4 is 0 Å². The third kappa shape index (κ3) is 3.31. The molecular formula is C19H24N6O2. The fourth-order valence-electron chi connectivity index (χ4n) is 3.43. The van der Waals surface area contributed by atoms with Gasteiger partial charge < -0.3 is 9.42 Å². The minimum atomic E-state index is -0.0791. The summed E-state index contributed by atoms with van der Waals surface area (Å²) < 4.78 is 6.88. The lowest BCUT2D eigenvalue weighted by Crippen LogP contribution is -2.38. The molecule has 1 fully saturated rings. The van der Waals surface area contributed by atoms with Gasteiger partial charge in [-0.3, -0.25) is 4.79 Å². The van der Waals surface area contributed by atoms with Crippen LogP contribution in [-0.2, 0) is 5.41 Å². The van der Waals surface area contributed by atoms with E-state index in [-0.39, 0.29) is 17.2 Å². The first-order valence-electron chi connectivity index (χ1n) is 9.28. The molecule has 1 aliphatic rings. The first kappa shape index (κ1) is 17.6. The average molecular weight is 368 g/mol. The van der Waals surface area contributed by atoms with Crippen LogP contribution in [0.1, 0.15) is 67.3 Å². The molecule has 8 nitrogen and oxygen atoms in total. The van der Waals surface area contributed by atoms with Crippen molar-refractivity contribution in [3.8, 4) is 0 Å². The van der Waals surface area contributed by atoms with E-state index in [0.29, 0.717) is 24.5 Å². The van der Waals surface area contributed by atoms with Gasteiger partial charge in [0, 0.05) is 30.5 Å². The molecule has 1 aliphatic heterocycles. The minimum Gasteiger partial charge on any atom is -0.361 e. The monoisotopic (exact) mass is 368 g/mol. The SMILES string of the molecule is Cc1cc(C(=O)N2CCC(c3nnc4ccc(C(C)(C)C)nn34)CC2)no1. The van der Waals surface area contributed by atoms with Crippen molar-refractivity contribution in [2.24, 2.45) is 0 Å². The summed E-state index contributed by atoms with van der Waals surface area (Å²) in [6.45, 7) is 9.51. The van der Waals surface area contributed by atoms with E-state index in [1.807, 2.05) is 21.5 Å². The molecule has 0 bridgehead atoms. The van der Waals surface area contributed by atoms with Crippen molar-refractivity contribution < 1.29 is 9.32 Å². The third-order valence-electron chi connectivity index (χ3n) is 5.05. The Kier molecular flexibility index (Phi) is 4.20. The van der Waals surface area contributed by atoms with Crippen molar-refractivity contribution >= 4 is 11.6 Å². The van der Waals surface area contributed by atoms with Crippen LogP contribution in [0.15, 0.2) is 22.7 Å². The fourth-order valence-corrected chi connectivity index (χ4v) is 3.43. The molecule has 0 unspecified atom stereocenters. The van der Waals surface area contributed by atoms with Gasteiger partial charge in [-0.2, -0.15) is 9.61 Å². The molecule has 3 aromatic rings. The van der Waals surface area contributed by atoms with Crippen molar-refractivity contribution in [1.82, 2.24) is 29.9 Å². The summed E-state index contributed by atoms with van der Waals surface area (Å²) in [5.74, 6) is 1.67. The smallest absolute Gasteiger partial charge is 0.276 e. The Morgan fingerprint density at radius 3 is 2.56 bits per heavy atom. The van der Waals surface area contributed by atoms with E-state index >= 15 is 0 Å². The number of fused-ring (bicyclic) bond motifs is 1. The fraction of sp³-hybridized carbons (Fsp3) is 0.526. The highest BCUT2D eigenvalue weighted by Crippen LogP contribution is 2.28. The second-order valence-electron chi connectivity index (χ2n) is 8.19. The van der Waals surface area contributed by atoms with Gasteiger partial charge in [-0.05, 0) is 31.9 Å². The quantitative estimate of drug-likeness (QED) is 0.691. The Balaban J connectivity index is 1.52. The van der Waals surface area contributed by atoms with Gasteiger partial charge in [0.05, 0.1) is 5.69 Å². The second-order valence-corrected chi connectivity index (χ2v) is 8.19. The maximum absolute atomic E-state index is 12.5. The van der Waals surface area contributed by atoms with Crippen LogP contribution in [0.2, 0.25) is 0 Å². The first-order chi connectivity index (χ1) is 12.8. The number of carbonyl (C=O) groups excluding carboxylic acids is 1. The molecule has 8 heteroatoms. The normalized spacial score (nSPS) is 16.2. The summed E-state index contributed by atoms with van der Waals surface area (Å²) in [5, 5.41) is 17.3. The van der Waals surface area contributed by atoms with Gasteiger partial charge in [0.15, 0.2) is 17.2 Å². The van der Waals surface area contributed by atoms with Gasteiger partial charge in [-0.25, -0.2) is 0 Å². The van der Waals surface area contributed by atoms with Gasteiger partial charge in [0.1, 0.15) is 5.76 Å².